The molecule has 0 aliphatic carbocycles. The Labute approximate surface area is 135 Å². The van der Waals surface area contributed by atoms with Gasteiger partial charge in [0, 0.05) is 0 Å². The highest BCUT2D eigenvalue weighted by Crippen LogP contribution is 2.40. The van der Waals surface area contributed by atoms with Gasteiger partial charge in [0.15, 0.2) is 0 Å². The summed E-state index contributed by atoms with van der Waals surface area (Å²) in [5.41, 5.74) is -2.01. The monoisotopic (exact) mass is 362 g/mol. The lowest BCUT2D eigenvalue weighted by Crippen LogP contribution is -2.42. The van der Waals surface area contributed by atoms with Crippen LogP contribution in [0.25, 0.3) is 0 Å². The molecule has 0 aromatic heterocycles. The summed E-state index contributed by atoms with van der Waals surface area (Å²) in [4.78, 5) is 22.9. The minimum absolute atomic E-state index is 0.130. The van der Waals surface area contributed by atoms with E-state index in [4.69, 9.17) is 0 Å². The molecule has 0 fully saturated rings. The van der Waals surface area contributed by atoms with Crippen molar-refractivity contribution < 1.29 is 35.9 Å². The summed E-state index contributed by atoms with van der Waals surface area (Å²) in [6.45, 7) is 2.34. The molecule has 140 valence electrons. The normalized spacial score (nSPS) is 15.0. The van der Waals surface area contributed by atoms with Crippen molar-refractivity contribution in [2.45, 2.75) is 40.0 Å². The molecule has 0 spiro atoms. The highest BCUT2D eigenvalue weighted by atomic mass is 19.4. The lowest BCUT2D eigenvalue weighted by atomic mass is 9.87. The van der Waals surface area contributed by atoms with Crippen LogP contribution in [0.15, 0.2) is 11.6 Å². The first-order chi connectivity index (χ1) is 10.6. The zero-order chi connectivity index (χ0) is 19.3. The molecule has 1 unspecified atom stereocenters. The largest absolute Gasteiger partial charge is 0.405 e. The van der Waals surface area contributed by atoms with Crippen LogP contribution in [0, 0.1) is 11.3 Å². The summed E-state index contributed by atoms with van der Waals surface area (Å²) in [5.74, 6) is -2.78. The molecular weight excluding hydrogens is 342 g/mol. The second-order valence-corrected chi connectivity index (χ2v) is 5.94. The van der Waals surface area contributed by atoms with Gasteiger partial charge in [-0.05, 0) is 27.7 Å². The first kappa shape index (κ1) is 22.3. The maximum Gasteiger partial charge on any atom is 0.405 e. The van der Waals surface area contributed by atoms with Gasteiger partial charge in [0.2, 0.25) is 11.8 Å². The Bertz CT molecular complexity index is 494. The molecule has 0 aromatic rings. The molecule has 0 aliphatic heterocycles. The van der Waals surface area contributed by atoms with Crippen molar-refractivity contribution in [1.29, 1.82) is 0 Å². The number of carbonyl (C=O) groups excluding carboxylic acids is 2. The van der Waals surface area contributed by atoms with Crippen LogP contribution in [-0.4, -0.2) is 37.3 Å². The Kier molecular flexibility index (Phi) is 7.32. The third kappa shape index (κ3) is 7.69. The predicted octanol–water partition coefficient (Wildman–Crippen LogP) is 2.95. The molecule has 1 atom stereocenters. The maximum absolute atomic E-state index is 12.8. The van der Waals surface area contributed by atoms with Crippen LogP contribution in [0.5, 0.6) is 0 Å². The lowest BCUT2D eigenvalue weighted by molar-refractivity contribution is -0.194. The van der Waals surface area contributed by atoms with Crippen molar-refractivity contribution >= 4 is 11.8 Å². The zero-order valence-electron chi connectivity index (χ0n) is 13.7. The number of rotatable bonds is 6. The molecule has 2 amide bonds. The van der Waals surface area contributed by atoms with Crippen LogP contribution in [-0.2, 0) is 9.59 Å². The number of hydrogen-bond acceptors (Lipinski definition) is 2. The number of carbonyl (C=O) groups is 2. The van der Waals surface area contributed by atoms with Gasteiger partial charge in [-0.3, -0.25) is 9.59 Å². The Balaban J connectivity index is 4.65. The number of allylic oxidation sites excluding steroid dienone is 1. The molecular formula is C14H20F6N2O2. The van der Waals surface area contributed by atoms with Crippen LogP contribution in [0.2, 0.25) is 0 Å². The van der Waals surface area contributed by atoms with Crippen LogP contribution >= 0.6 is 0 Å². The Morgan fingerprint density at radius 3 is 1.96 bits per heavy atom. The van der Waals surface area contributed by atoms with Crippen LogP contribution < -0.4 is 10.6 Å². The molecule has 0 bridgehead atoms. The predicted molar refractivity (Wildman–Crippen MR) is 74.8 cm³/mol. The highest BCUT2D eigenvalue weighted by molar-refractivity contribution is 5.86. The first-order valence-corrected chi connectivity index (χ1v) is 6.94. The summed E-state index contributed by atoms with van der Waals surface area (Å²) >= 11 is 0. The van der Waals surface area contributed by atoms with E-state index in [0.717, 1.165) is 19.9 Å². The van der Waals surface area contributed by atoms with Gasteiger partial charge < -0.3 is 10.6 Å². The summed E-state index contributed by atoms with van der Waals surface area (Å²) in [5, 5.41) is 3.65. The van der Waals surface area contributed by atoms with Gasteiger partial charge in [-0.15, -0.1) is 0 Å². The minimum atomic E-state index is -4.57. The molecule has 0 heterocycles. The SMILES string of the molecule is C/C(=C/C(C)(C)C(F)(F)F)C(C)C(=O)NCC(=O)NCC(F)(F)F. The van der Waals surface area contributed by atoms with E-state index in [1.807, 2.05) is 0 Å². The van der Waals surface area contributed by atoms with Gasteiger partial charge in [0.25, 0.3) is 0 Å². The number of hydrogen-bond donors (Lipinski definition) is 2. The Hall–Kier alpha value is -1.74. The molecule has 0 saturated heterocycles. The van der Waals surface area contributed by atoms with Crippen molar-refractivity contribution in [3.8, 4) is 0 Å². The number of amides is 2. The first-order valence-electron chi connectivity index (χ1n) is 6.94. The van der Waals surface area contributed by atoms with E-state index in [-0.39, 0.29) is 5.57 Å². The molecule has 0 aromatic carbocycles. The maximum atomic E-state index is 12.8. The van der Waals surface area contributed by atoms with Crippen molar-refractivity contribution in [3.05, 3.63) is 11.6 Å². The Morgan fingerprint density at radius 1 is 1.04 bits per heavy atom. The van der Waals surface area contributed by atoms with Crippen molar-refractivity contribution in [2.75, 3.05) is 13.1 Å². The van der Waals surface area contributed by atoms with E-state index >= 15 is 0 Å². The molecule has 0 rings (SSSR count). The minimum Gasteiger partial charge on any atom is -0.347 e. The number of nitrogens with one attached hydrogen (secondary N) is 2. The molecule has 24 heavy (non-hydrogen) atoms. The van der Waals surface area contributed by atoms with Crippen molar-refractivity contribution in [1.82, 2.24) is 10.6 Å². The van der Waals surface area contributed by atoms with E-state index in [0.29, 0.717) is 0 Å². The average Bonchev–Trinajstić information content (AvgIpc) is 2.38. The van der Waals surface area contributed by atoms with E-state index in [9.17, 15) is 35.9 Å². The van der Waals surface area contributed by atoms with Gasteiger partial charge >= 0.3 is 12.4 Å². The molecule has 2 N–H and O–H groups in total. The summed E-state index contributed by atoms with van der Waals surface area (Å²) < 4.78 is 74.1. The molecule has 0 aliphatic rings. The number of alkyl halides is 6. The molecule has 0 saturated carbocycles. The smallest absolute Gasteiger partial charge is 0.347 e. The van der Waals surface area contributed by atoms with Gasteiger partial charge in [-0.25, -0.2) is 0 Å². The zero-order valence-corrected chi connectivity index (χ0v) is 13.7. The van der Waals surface area contributed by atoms with Gasteiger partial charge in [-0.2, -0.15) is 26.3 Å². The summed E-state index contributed by atoms with van der Waals surface area (Å²) in [6, 6.07) is 0. The van der Waals surface area contributed by atoms with E-state index in [2.05, 4.69) is 5.32 Å². The lowest BCUT2D eigenvalue weighted by Gasteiger charge is -2.26. The van der Waals surface area contributed by atoms with E-state index in [1.54, 1.807) is 5.32 Å². The fourth-order valence-electron chi connectivity index (χ4n) is 1.56. The quantitative estimate of drug-likeness (QED) is 0.564. The topological polar surface area (TPSA) is 58.2 Å². The second-order valence-electron chi connectivity index (χ2n) is 5.94. The fraction of sp³-hybridized carbons (Fsp3) is 0.714. The number of halogens is 6. The Morgan fingerprint density at radius 2 is 1.54 bits per heavy atom. The molecule has 0 radical (unpaired) electrons. The van der Waals surface area contributed by atoms with Crippen LogP contribution in [0.1, 0.15) is 27.7 Å². The summed E-state index contributed by atoms with van der Waals surface area (Å²) in [7, 11) is 0. The third-order valence-corrected chi connectivity index (χ3v) is 3.30. The van der Waals surface area contributed by atoms with Crippen molar-refractivity contribution in [2.24, 2.45) is 11.3 Å². The fourth-order valence-corrected chi connectivity index (χ4v) is 1.56. The average molecular weight is 362 g/mol. The van der Waals surface area contributed by atoms with Gasteiger partial charge in [0.05, 0.1) is 17.9 Å². The highest BCUT2D eigenvalue weighted by Gasteiger charge is 2.45. The molecule has 4 nitrogen and oxygen atoms in total. The third-order valence-electron chi connectivity index (χ3n) is 3.30. The van der Waals surface area contributed by atoms with Crippen molar-refractivity contribution in [3.63, 3.8) is 0 Å². The standard InChI is InChI=1S/C14H20F6N2O2/c1-8(5-12(3,4)14(18,19)20)9(2)11(24)21-6-10(23)22-7-13(15,16)17/h5,9H,6-7H2,1-4H3,(H,21,24)(H,22,23)/b8-5-. The second kappa shape index (κ2) is 7.89. The van der Waals surface area contributed by atoms with Gasteiger partial charge in [0.1, 0.15) is 6.54 Å². The van der Waals surface area contributed by atoms with Gasteiger partial charge in [-0.1, -0.05) is 11.6 Å². The molecule has 10 heteroatoms. The van der Waals surface area contributed by atoms with Crippen LogP contribution in [0.4, 0.5) is 26.3 Å². The van der Waals surface area contributed by atoms with Crippen LogP contribution in [0.3, 0.4) is 0 Å². The van der Waals surface area contributed by atoms with E-state index in [1.165, 1.54) is 13.8 Å². The van der Waals surface area contributed by atoms with E-state index < -0.39 is 48.6 Å². The summed E-state index contributed by atoms with van der Waals surface area (Å²) in [6.07, 6.45) is -8.17.